The number of aromatic hydroxyl groups is 2. The molecule has 27 heavy (non-hydrogen) atoms. The predicted octanol–water partition coefficient (Wildman–Crippen LogP) is -2.89. The highest BCUT2D eigenvalue weighted by Crippen LogP contribution is 2.25. The average molecular weight is 598 g/mol. The normalized spacial score (nSPS) is 11.5. The topological polar surface area (TPSA) is 40.5 Å². The quantitative estimate of drug-likeness (QED) is 0.277. The number of halogens is 2. The maximum atomic E-state index is 10.1. The Hall–Kier alpha value is -0.580. The van der Waals surface area contributed by atoms with Gasteiger partial charge in [-0.2, -0.15) is 0 Å². The van der Waals surface area contributed by atoms with Crippen molar-refractivity contribution >= 4 is 0 Å². The molecule has 0 aliphatic rings. The smallest absolute Gasteiger partial charge is 0.124 e. The molecule has 0 spiro atoms. The molecular formula is C21H32I2N2O2. The highest BCUT2D eigenvalue weighted by Gasteiger charge is 2.15. The summed E-state index contributed by atoms with van der Waals surface area (Å²) in [7, 11) is 12.7. The number of phenolic OH excluding ortho intramolecular Hbond substituents is 2. The first-order valence-corrected chi connectivity index (χ1v) is 8.65. The van der Waals surface area contributed by atoms with Gasteiger partial charge in [0.15, 0.2) is 0 Å². The van der Waals surface area contributed by atoms with Gasteiger partial charge in [-0.3, -0.25) is 0 Å². The summed E-state index contributed by atoms with van der Waals surface area (Å²) in [6.07, 6.45) is 0.787. The minimum Gasteiger partial charge on any atom is -1.00 e. The van der Waals surface area contributed by atoms with Crippen LogP contribution in [0.4, 0.5) is 0 Å². The molecule has 2 N–H and O–H groups in total. The van der Waals surface area contributed by atoms with Crippen molar-refractivity contribution in [2.24, 2.45) is 0 Å². The van der Waals surface area contributed by atoms with Crippen molar-refractivity contribution in [1.29, 1.82) is 0 Å². The lowest BCUT2D eigenvalue weighted by atomic mass is 9.99. The second-order valence-corrected chi connectivity index (χ2v) is 9.00. The van der Waals surface area contributed by atoms with Crippen molar-refractivity contribution < 1.29 is 67.1 Å². The second kappa shape index (κ2) is 10.3. The number of hydrogen-bond donors (Lipinski definition) is 2. The molecule has 0 amide bonds. The zero-order valence-corrected chi connectivity index (χ0v) is 21.4. The van der Waals surface area contributed by atoms with Gasteiger partial charge in [-0.1, -0.05) is 12.1 Å². The van der Waals surface area contributed by atoms with Crippen molar-refractivity contribution in [2.45, 2.75) is 19.5 Å². The number of hydrogen-bond acceptors (Lipinski definition) is 2. The van der Waals surface area contributed by atoms with E-state index in [1.807, 2.05) is 12.1 Å². The summed E-state index contributed by atoms with van der Waals surface area (Å²) in [5.41, 5.74) is 4.27. The van der Waals surface area contributed by atoms with E-state index in [9.17, 15) is 10.2 Å². The van der Waals surface area contributed by atoms with Gasteiger partial charge < -0.3 is 67.1 Å². The van der Waals surface area contributed by atoms with Gasteiger partial charge >= 0.3 is 0 Å². The molecule has 2 rings (SSSR count). The molecule has 0 aliphatic heterocycles. The molecule has 0 aliphatic carbocycles. The molecule has 2 aromatic rings. The number of quaternary nitrogens is 2. The standard InChI is InChI=1S/C21H30N2O2.2HI/c1-22(2,3)14-18-12-16(7-9-20(18)24)11-17-8-10-21(25)19(13-17)15-23(4,5)6;;/h7-10,12-13H,11,14-15H2,1-6H3;2*1H. The van der Waals surface area contributed by atoms with Gasteiger partial charge in [0, 0.05) is 11.1 Å². The molecule has 0 atom stereocenters. The van der Waals surface area contributed by atoms with E-state index in [1.54, 1.807) is 12.1 Å². The lowest BCUT2D eigenvalue weighted by Crippen LogP contribution is -3.00. The van der Waals surface area contributed by atoms with E-state index < -0.39 is 0 Å². The maximum absolute atomic E-state index is 10.1. The van der Waals surface area contributed by atoms with Gasteiger partial charge in [-0.25, -0.2) is 0 Å². The molecule has 0 saturated heterocycles. The first-order chi connectivity index (χ1) is 11.4. The first-order valence-electron chi connectivity index (χ1n) is 8.65. The molecule has 152 valence electrons. The van der Waals surface area contributed by atoms with Crippen LogP contribution in [0.15, 0.2) is 36.4 Å². The maximum Gasteiger partial charge on any atom is 0.124 e. The third kappa shape index (κ3) is 8.97. The summed E-state index contributed by atoms with van der Waals surface area (Å²) in [5, 5.41) is 20.3. The second-order valence-electron chi connectivity index (χ2n) is 9.00. The molecular weight excluding hydrogens is 566 g/mol. The molecule has 6 heteroatoms. The SMILES string of the molecule is C[N+](C)(C)Cc1cc(Cc2ccc(O)c(C[N+](C)(C)C)c2)ccc1O.[I-].[I-]. The summed E-state index contributed by atoms with van der Waals surface area (Å²) in [4.78, 5) is 0. The summed E-state index contributed by atoms with van der Waals surface area (Å²) in [5.74, 6) is 0.710. The van der Waals surface area contributed by atoms with Gasteiger partial charge in [0.05, 0.1) is 42.3 Å². The molecule has 0 unspecified atom stereocenters. The largest absolute Gasteiger partial charge is 1.00 e. The highest BCUT2D eigenvalue weighted by molar-refractivity contribution is 5.41. The predicted molar refractivity (Wildman–Crippen MR) is 102 cm³/mol. The zero-order chi connectivity index (χ0) is 18.8. The molecule has 4 nitrogen and oxygen atoms in total. The Labute approximate surface area is 198 Å². The van der Waals surface area contributed by atoms with E-state index in [0.29, 0.717) is 11.5 Å². The Kier molecular flexibility index (Phi) is 10.0. The lowest BCUT2D eigenvalue weighted by Gasteiger charge is -2.25. The Bertz CT molecular complexity index is 687. The molecule has 0 saturated carbocycles. The molecule has 0 aromatic heterocycles. The van der Waals surface area contributed by atoms with Gasteiger partial charge in [-0.15, -0.1) is 0 Å². The highest BCUT2D eigenvalue weighted by atomic mass is 127. The molecule has 0 radical (unpaired) electrons. The number of benzene rings is 2. The molecule has 0 fully saturated rings. The average Bonchev–Trinajstić information content (AvgIpc) is 2.43. The summed E-state index contributed by atoms with van der Waals surface area (Å²) < 4.78 is 1.54. The van der Waals surface area contributed by atoms with Crippen LogP contribution in [-0.4, -0.2) is 61.5 Å². The van der Waals surface area contributed by atoms with Gasteiger partial charge in [0.1, 0.15) is 24.6 Å². The third-order valence-corrected chi connectivity index (χ3v) is 3.99. The van der Waals surface area contributed by atoms with E-state index in [4.69, 9.17) is 0 Å². The van der Waals surface area contributed by atoms with E-state index in [2.05, 4.69) is 54.4 Å². The van der Waals surface area contributed by atoms with Crippen LogP contribution in [0.1, 0.15) is 22.3 Å². The van der Waals surface area contributed by atoms with Crippen LogP contribution in [0.3, 0.4) is 0 Å². The van der Waals surface area contributed by atoms with Gasteiger partial charge in [0.25, 0.3) is 0 Å². The lowest BCUT2D eigenvalue weighted by molar-refractivity contribution is -0.884. The fraction of sp³-hybridized carbons (Fsp3) is 0.429. The fourth-order valence-electron chi connectivity index (χ4n) is 3.01. The van der Waals surface area contributed by atoms with Crippen LogP contribution < -0.4 is 48.0 Å². The van der Waals surface area contributed by atoms with E-state index in [0.717, 1.165) is 39.6 Å². The monoisotopic (exact) mass is 598 g/mol. The van der Waals surface area contributed by atoms with Gasteiger partial charge in [-0.05, 0) is 41.8 Å². The minimum absolute atomic E-state index is 0. The number of rotatable bonds is 6. The van der Waals surface area contributed by atoms with Crippen LogP contribution in [0.5, 0.6) is 11.5 Å². The molecule has 0 heterocycles. The Morgan fingerprint density at radius 1 is 0.630 bits per heavy atom. The van der Waals surface area contributed by atoms with Crippen molar-refractivity contribution in [1.82, 2.24) is 0 Å². The molecule has 2 aromatic carbocycles. The first kappa shape index (κ1) is 26.4. The summed E-state index contributed by atoms with van der Waals surface area (Å²) in [6.45, 7) is 1.56. The summed E-state index contributed by atoms with van der Waals surface area (Å²) >= 11 is 0. The number of nitrogens with zero attached hydrogens (tertiary/aromatic N) is 2. The minimum atomic E-state index is 0. The number of phenols is 2. The third-order valence-electron chi connectivity index (χ3n) is 3.99. The van der Waals surface area contributed by atoms with Crippen LogP contribution in [0.25, 0.3) is 0 Å². The Balaban J connectivity index is 0.00000338. The Morgan fingerprint density at radius 3 is 1.26 bits per heavy atom. The van der Waals surface area contributed by atoms with Crippen molar-refractivity contribution in [2.75, 3.05) is 42.3 Å². The van der Waals surface area contributed by atoms with Gasteiger partial charge in [0.2, 0.25) is 0 Å². The van der Waals surface area contributed by atoms with Crippen molar-refractivity contribution in [3.63, 3.8) is 0 Å². The molecule has 0 bridgehead atoms. The van der Waals surface area contributed by atoms with Crippen LogP contribution in [-0.2, 0) is 19.5 Å². The van der Waals surface area contributed by atoms with Crippen LogP contribution in [0, 0.1) is 0 Å². The Morgan fingerprint density at radius 2 is 0.963 bits per heavy atom. The van der Waals surface area contributed by atoms with E-state index in [-0.39, 0.29) is 48.0 Å². The van der Waals surface area contributed by atoms with Crippen LogP contribution >= 0.6 is 0 Å². The fourth-order valence-corrected chi connectivity index (χ4v) is 3.01. The van der Waals surface area contributed by atoms with Crippen molar-refractivity contribution in [3.8, 4) is 11.5 Å². The summed E-state index contributed by atoms with van der Waals surface area (Å²) in [6, 6.07) is 11.7. The van der Waals surface area contributed by atoms with Crippen LogP contribution in [0.2, 0.25) is 0 Å². The van der Waals surface area contributed by atoms with E-state index >= 15 is 0 Å². The van der Waals surface area contributed by atoms with Crippen molar-refractivity contribution in [3.05, 3.63) is 58.7 Å². The van der Waals surface area contributed by atoms with E-state index in [1.165, 1.54) is 11.1 Å². The zero-order valence-electron chi connectivity index (χ0n) is 17.1.